The van der Waals surface area contributed by atoms with Crippen LogP contribution in [0.25, 0.3) is 0 Å². The first-order chi connectivity index (χ1) is 10.2. The molecule has 0 spiro atoms. The molecule has 0 aliphatic heterocycles. The van der Waals surface area contributed by atoms with Gasteiger partial charge in [0.25, 0.3) is 0 Å². The van der Waals surface area contributed by atoms with Gasteiger partial charge in [-0.2, -0.15) is 0 Å². The van der Waals surface area contributed by atoms with Crippen LogP contribution in [0.1, 0.15) is 26.3 Å². The third kappa shape index (κ3) is 7.03. The first-order valence-electron chi connectivity index (χ1n) is 6.72. The summed E-state index contributed by atoms with van der Waals surface area (Å²) in [7, 11) is 0. The zero-order chi connectivity index (χ0) is 16.8. The van der Waals surface area contributed by atoms with Crippen molar-refractivity contribution in [3.8, 4) is 0 Å². The second-order valence-electron chi connectivity index (χ2n) is 5.68. The molecule has 0 radical (unpaired) electrons. The normalized spacial score (nSPS) is 12.5. The van der Waals surface area contributed by atoms with E-state index in [2.05, 4.69) is 5.32 Å². The number of benzene rings is 1. The van der Waals surface area contributed by atoms with E-state index in [1.807, 2.05) is 0 Å². The Balaban J connectivity index is 2.46. The van der Waals surface area contributed by atoms with Crippen LogP contribution in [-0.2, 0) is 20.9 Å². The van der Waals surface area contributed by atoms with Gasteiger partial charge < -0.3 is 19.9 Å². The van der Waals surface area contributed by atoms with E-state index in [9.17, 15) is 14.0 Å². The van der Waals surface area contributed by atoms with Crippen LogP contribution in [0.3, 0.4) is 0 Å². The molecule has 122 valence electrons. The van der Waals surface area contributed by atoms with Crippen molar-refractivity contribution in [1.82, 2.24) is 5.32 Å². The number of hydrogen-bond acceptors (Lipinski definition) is 4. The molecule has 6 nitrogen and oxygen atoms in total. The van der Waals surface area contributed by atoms with Gasteiger partial charge in [0.1, 0.15) is 11.4 Å². The molecule has 1 aromatic rings. The number of halogens is 1. The molecule has 2 N–H and O–H groups in total. The Bertz CT molecular complexity index is 510. The summed E-state index contributed by atoms with van der Waals surface area (Å²) in [5.74, 6) is -1.59. The monoisotopic (exact) mass is 313 g/mol. The van der Waals surface area contributed by atoms with Crippen molar-refractivity contribution in [2.45, 2.75) is 39.0 Å². The Hall–Kier alpha value is -2.15. The van der Waals surface area contributed by atoms with E-state index in [-0.39, 0.29) is 19.0 Å². The summed E-state index contributed by atoms with van der Waals surface area (Å²) < 4.78 is 23.0. The second-order valence-corrected chi connectivity index (χ2v) is 5.68. The summed E-state index contributed by atoms with van der Waals surface area (Å²) in [6, 6.07) is 4.41. The van der Waals surface area contributed by atoms with Crippen LogP contribution >= 0.6 is 0 Å². The predicted octanol–water partition coefficient (Wildman–Crippen LogP) is 2.32. The average Bonchev–Trinajstić information content (AvgIpc) is 2.37. The molecule has 0 saturated carbocycles. The molecule has 0 saturated heterocycles. The number of carbonyl (C=O) groups is 2. The van der Waals surface area contributed by atoms with Crippen molar-refractivity contribution in [3.63, 3.8) is 0 Å². The Morgan fingerprint density at radius 3 is 2.36 bits per heavy atom. The van der Waals surface area contributed by atoms with Gasteiger partial charge in [-0.3, -0.25) is 0 Å². The minimum atomic E-state index is -1.23. The molecular weight excluding hydrogens is 293 g/mol. The molecule has 1 atom stereocenters. The quantitative estimate of drug-likeness (QED) is 0.842. The maximum Gasteiger partial charge on any atom is 0.408 e. The fourth-order valence-corrected chi connectivity index (χ4v) is 1.50. The zero-order valence-corrected chi connectivity index (χ0v) is 12.8. The number of ether oxygens (including phenoxy) is 2. The molecule has 1 rings (SSSR count). The molecule has 1 aromatic carbocycles. The van der Waals surface area contributed by atoms with Crippen molar-refractivity contribution >= 4 is 12.1 Å². The average molecular weight is 313 g/mol. The van der Waals surface area contributed by atoms with Gasteiger partial charge in [0, 0.05) is 0 Å². The highest BCUT2D eigenvalue weighted by Crippen LogP contribution is 2.07. The number of carboxylic acid groups (broad SMARTS) is 1. The molecule has 0 aromatic heterocycles. The van der Waals surface area contributed by atoms with Crippen molar-refractivity contribution < 1.29 is 28.6 Å². The number of aliphatic carboxylic acids is 1. The van der Waals surface area contributed by atoms with Gasteiger partial charge >= 0.3 is 12.1 Å². The second kappa shape index (κ2) is 7.74. The summed E-state index contributed by atoms with van der Waals surface area (Å²) >= 11 is 0. The zero-order valence-electron chi connectivity index (χ0n) is 12.8. The van der Waals surface area contributed by atoms with Crippen molar-refractivity contribution in [2.75, 3.05) is 6.61 Å². The Morgan fingerprint density at radius 2 is 1.86 bits per heavy atom. The molecule has 0 aliphatic carbocycles. The Labute approximate surface area is 128 Å². The number of nitrogens with one attached hydrogen (secondary N) is 1. The predicted molar refractivity (Wildman–Crippen MR) is 76.8 cm³/mol. The van der Waals surface area contributed by atoms with E-state index < -0.39 is 23.7 Å². The van der Waals surface area contributed by atoms with Gasteiger partial charge in [0.05, 0.1) is 13.2 Å². The first-order valence-corrected chi connectivity index (χ1v) is 6.72. The van der Waals surface area contributed by atoms with Crippen LogP contribution in [0.5, 0.6) is 0 Å². The van der Waals surface area contributed by atoms with E-state index in [1.54, 1.807) is 20.8 Å². The third-order valence-corrected chi connectivity index (χ3v) is 2.46. The first kappa shape index (κ1) is 17.9. The van der Waals surface area contributed by atoms with Gasteiger partial charge in [-0.05, 0) is 38.5 Å². The van der Waals surface area contributed by atoms with Crippen LogP contribution < -0.4 is 5.32 Å². The molecule has 22 heavy (non-hydrogen) atoms. The summed E-state index contributed by atoms with van der Waals surface area (Å²) in [6.45, 7) is 4.90. The molecule has 0 heterocycles. The van der Waals surface area contributed by atoms with E-state index in [4.69, 9.17) is 14.6 Å². The fourth-order valence-electron chi connectivity index (χ4n) is 1.50. The summed E-state index contributed by atoms with van der Waals surface area (Å²) in [4.78, 5) is 22.6. The van der Waals surface area contributed by atoms with Gasteiger partial charge in [0.15, 0.2) is 6.04 Å². The van der Waals surface area contributed by atoms with E-state index in [0.717, 1.165) is 0 Å². The van der Waals surface area contributed by atoms with Gasteiger partial charge in [-0.25, -0.2) is 14.0 Å². The maximum absolute atomic E-state index is 12.7. The standard InChI is InChI=1S/C15H20FNO5/c1-15(2,3)22-14(20)17-12(13(18)19)9-21-8-10-4-6-11(16)7-5-10/h4-7,12H,8-9H2,1-3H3,(H,17,20)(H,18,19). The minimum Gasteiger partial charge on any atom is -0.480 e. The number of alkyl carbamates (subject to hydrolysis) is 1. The molecule has 1 amide bonds. The van der Waals surface area contributed by atoms with Crippen LogP contribution in [0.4, 0.5) is 9.18 Å². The number of rotatable bonds is 6. The Kier molecular flexibility index (Phi) is 6.30. The van der Waals surface area contributed by atoms with Gasteiger partial charge in [-0.1, -0.05) is 12.1 Å². The molecular formula is C15H20FNO5. The van der Waals surface area contributed by atoms with Crippen LogP contribution in [-0.4, -0.2) is 35.4 Å². The number of carboxylic acids is 1. The van der Waals surface area contributed by atoms with Crippen molar-refractivity contribution in [1.29, 1.82) is 0 Å². The highest BCUT2D eigenvalue weighted by molar-refractivity contribution is 5.80. The van der Waals surface area contributed by atoms with Crippen molar-refractivity contribution in [3.05, 3.63) is 35.6 Å². The van der Waals surface area contributed by atoms with Crippen LogP contribution in [0.2, 0.25) is 0 Å². The third-order valence-electron chi connectivity index (χ3n) is 2.46. The maximum atomic E-state index is 12.7. The highest BCUT2D eigenvalue weighted by Gasteiger charge is 2.24. The van der Waals surface area contributed by atoms with E-state index in [0.29, 0.717) is 5.56 Å². The Morgan fingerprint density at radius 1 is 1.27 bits per heavy atom. The highest BCUT2D eigenvalue weighted by atomic mass is 19.1. The van der Waals surface area contributed by atoms with Crippen molar-refractivity contribution in [2.24, 2.45) is 0 Å². The van der Waals surface area contributed by atoms with E-state index in [1.165, 1.54) is 24.3 Å². The SMILES string of the molecule is CC(C)(C)OC(=O)NC(COCc1ccc(F)cc1)C(=O)O. The molecule has 0 aliphatic rings. The van der Waals surface area contributed by atoms with Gasteiger partial charge in [0.2, 0.25) is 0 Å². The summed E-state index contributed by atoms with van der Waals surface area (Å²) in [6.07, 6.45) is -0.828. The minimum absolute atomic E-state index is 0.111. The summed E-state index contributed by atoms with van der Waals surface area (Å²) in [5, 5.41) is 11.3. The van der Waals surface area contributed by atoms with Crippen LogP contribution in [0, 0.1) is 5.82 Å². The van der Waals surface area contributed by atoms with E-state index >= 15 is 0 Å². The number of hydrogen-bond donors (Lipinski definition) is 2. The molecule has 7 heteroatoms. The lowest BCUT2D eigenvalue weighted by molar-refractivity contribution is -0.141. The molecule has 0 fully saturated rings. The molecule has 1 unspecified atom stereocenters. The largest absolute Gasteiger partial charge is 0.480 e. The van der Waals surface area contributed by atoms with Crippen LogP contribution in [0.15, 0.2) is 24.3 Å². The molecule has 0 bridgehead atoms. The lowest BCUT2D eigenvalue weighted by Crippen LogP contribution is -2.46. The lowest BCUT2D eigenvalue weighted by atomic mass is 10.2. The van der Waals surface area contributed by atoms with Gasteiger partial charge in [-0.15, -0.1) is 0 Å². The topological polar surface area (TPSA) is 84.9 Å². The summed E-state index contributed by atoms with van der Waals surface area (Å²) in [5.41, 5.74) is -0.0231. The smallest absolute Gasteiger partial charge is 0.408 e. The number of carbonyl (C=O) groups excluding carboxylic acids is 1. The number of amides is 1. The fraction of sp³-hybridized carbons (Fsp3) is 0.467. The lowest BCUT2D eigenvalue weighted by Gasteiger charge is -2.22.